The second kappa shape index (κ2) is 13.6. The number of phenols is 2. The number of phenolic OH excluding ortho intramolecular Hbond substituents is 2. The van der Waals surface area contributed by atoms with Gasteiger partial charge in [-0.15, -0.1) is 0 Å². The largest absolute Gasteiger partial charge is 0.507 e. The van der Waals surface area contributed by atoms with Gasteiger partial charge in [-0.1, -0.05) is 66.5 Å². The zero-order valence-corrected chi connectivity index (χ0v) is 26.5. The molecule has 0 aromatic heterocycles. The van der Waals surface area contributed by atoms with Crippen LogP contribution in [0, 0.1) is 27.7 Å². The lowest BCUT2D eigenvalue weighted by Gasteiger charge is -2.24. The first-order valence-corrected chi connectivity index (χ1v) is 14.6. The summed E-state index contributed by atoms with van der Waals surface area (Å²) in [6.45, 7) is 21.4. The molecular weight excluding hydrogens is 500 g/mol. The first-order chi connectivity index (χ1) is 18.4. The lowest BCUT2D eigenvalue weighted by atomic mass is 9.82. The van der Waals surface area contributed by atoms with E-state index in [2.05, 4.69) is 52.2 Å². The maximum atomic E-state index is 12.6. The van der Waals surface area contributed by atoms with Crippen molar-refractivity contribution >= 4 is 11.8 Å². The average molecular weight is 553 g/mol. The highest BCUT2D eigenvalue weighted by Gasteiger charge is 2.24. The summed E-state index contributed by atoms with van der Waals surface area (Å²) in [7, 11) is 0. The summed E-state index contributed by atoms with van der Waals surface area (Å²) in [5, 5.41) is 27.4. The molecule has 0 spiro atoms. The Labute approximate surface area is 242 Å². The maximum absolute atomic E-state index is 12.6. The zero-order chi connectivity index (χ0) is 30.4. The monoisotopic (exact) mass is 552 g/mol. The third kappa shape index (κ3) is 8.74. The minimum atomic E-state index is -0.163. The molecule has 6 nitrogen and oxygen atoms in total. The van der Waals surface area contributed by atoms with Gasteiger partial charge in [0.2, 0.25) is 11.8 Å². The molecule has 0 saturated carbocycles. The molecule has 40 heavy (non-hydrogen) atoms. The number of aromatic hydroxyl groups is 2. The Balaban J connectivity index is 1.71. The van der Waals surface area contributed by atoms with E-state index in [0.29, 0.717) is 13.1 Å². The third-order valence-electron chi connectivity index (χ3n) is 7.84. The molecule has 2 aromatic rings. The van der Waals surface area contributed by atoms with Crippen molar-refractivity contribution in [1.29, 1.82) is 0 Å². The molecule has 0 radical (unpaired) electrons. The number of benzene rings is 2. The van der Waals surface area contributed by atoms with Gasteiger partial charge in [-0.25, -0.2) is 0 Å². The number of amides is 2. The van der Waals surface area contributed by atoms with Gasteiger partial charge < -0.3 is 20.8 Å². The molecule has 0 aliphatic heterocycles. The van der Waals surface area contributed by atoms with Crippen LogP contribution in [-0.2, 0) is 33.3 Å². The van der Waals surface area contributed by atoms with E-state index in [4.69, 9.17) is 0 Å². The molecule has 0 saturated heterocycles. The van der Waals surface area contributed by atoms with E-state index in [0.717, 1.165) is 70.2 Å². The first kappa shape index (κ1) is 33.2. The quantitative estimate of drug-likeness (QED) is 0.239. The highest BCUT2D eigenvalue weighted by Crippen LogP contribution is 2.37. The normalized spacial score (nSPS) is 11.9. The number of carbonyl (C=O) groups excluding carboxylic acids is 2. The topological polar surface area (TPSA) is 98.7 Å². The average Bonchev–Trinajstić information content (AvgIpc) is 2.84. The van der Waals surface area contributed by atoms with Gasteiger partial charge in [0, 0.05) is 13.1 Å². The number of hydrogen-bond donors (Lipinski definition) is 4. The number of nitrogens with one attached hydrogen (secondary N) is 2. The van der Waals surface area contributed by atoms with E-state index in [1.807, 2.05) is 39.8 Å². The van der Waals surface area contributed by atoms with Crippen LogP contribution in [0.5, 0.6) is 11.5 Å². The van der Waals surface area contributed by atoms with Gasteiger partial charge in [0.25, 0.3) is 0 Å². The van der Waals surface area contributed by atoms with E-state index in [-0.39, 0.29) is 47.0 Å². The van der Waals surface area contributed by atoms with Crippen LogP contribution in [0.1, 0.15) is 112 Å². The number of rotatable bonds is 11. The molecule has 0 fully saturated rings. The molecule has 0 atom stereocenters. The summed E-state index contributed by atoms with van der Waals surface area (Å²) >= 11 is 0. The van der Waals surface area contributed by atoms with Crippen LogP contribution in [0.4, 0.5) is 0 Å². The van der Waals surface area contributed by atoms with Gasteiger partial charge in [0.1, 0.15) is 11.5 Å². The van der Waals surface area contributed by atoms with E-state index in [1.54, 1.807) is 0 Å². The summed E-state index contributed by atoms with van der Waals surface area (Å²) in [4.78, 5) is 25.1. The molecule has 222 valence electrons. The summed E-state index contributed by atoms with van der Waals surface area (Å²) < 4.78 is 0. The van der Waals surface area contributed by atoms with Gasteiger partial charge >= 0.3 is 0 Å². The Morgan fingerprint density at radius 1 is 0.625 bits per heavy atom. The number of carbonyl (C=O) groups is 2. The summed E-state index contributed by atoms with van der Waals surface area (Å²) in [5.74, 6) is 0.506. The van der Waals surface area contributed by atoms with Crippen molar-refractivity contribution in [3.63, 3.8) is 0 Å². The number of unbranched alkanes of at least 4 members (excludes halogenated alkanes) is 3. The summed E-state index contributed by atoms with van der Waals surface area (Å²) in [6, 6.07) is 4.00. The fourth-order valence-corrected chi connectivity index (χ4v) is 5.22. The van der Waals surface area contributed by atoms with Crippen LogP contribution in [0.15, 0.2) is 12.1 Å². The van der Waals surface area contributed by atoms with Gasteiger partial charge in [-0.2, -0.15) is 0 Å². The second-order valence-electron chi connectivity index (χ2n) is 13.4. The van der Waals surface area contributed by atoms with Gasteiger partial charge in [-0.05, 0) is 95.9 Å². The number of aryl methyl sites for hydroxylation is 2. The highest BCUT2D eigenvalue weighted by molar-refractivity contribution is 5.80. The summed E-state index contributed by atoms with van der Waals surface area (Å²) in [6.07, 6.45) is 4.22. The van der Waals surface area contributed by atoms with Crippen LogP contribution < -0.4 is 10.6 Å². The van der Waals surface area contributed by atoms with Crippen LogP contribution in [0.25, 0.3) is 0 Å². The molecule has 2 amide bonds. The van der Waals surface area contributed by atoms with Gasteiger partial charge in [-0.3, -0.25) is 9.59 Å². The van der Waals surface area contributed by atoms with E-state index >= 15 is 0 Å². The van der Waals surface area contributed by atoms with Crippen molar-refractivity contribution < 1.29 is 19.8 Å². The third-order valence-corrected chi connectivity index (χ3v) is 7.84. The van der Waals surface area contributed by atoms with Crippen LogP contribution in [0.3, 0.4) is 0 Å². The second-order valence-corrected chi connectivity index (χ2v) is 13.4. The smallest absolute Gasteiger partial charge is 0.224 e. The molecule has 0 unspecified atom stereocenters. The Hall–Kier alpha value is -3.02. The van der Waals surface area contributed by atoms with E-state index in [1.165, 1.54) is 0 Å². The lowest BCUT2D eigenvalue weighted by molar-refractivity contribution is -0.121. The minimum absolute atomic E-state index is 0.0338. The molecule has 0 aliphatic carbocycles. The predicted molar refractivity (Wildman–Crippen MR) is 164 cm³/mol. The molecular formula is C34H52N2O4. The summed E-state index contributed by atoms with van der Waals surface area (Å²) in [5.41, 5.74) is 6.89. The molecule has 0 heterocycles. The molecule has 2 aromatic carbocycles. The number of hydrogen-bond acceptors (Lipinski definition) is 4. The fraction of sp³-hybridized carbons (Fsp3) is 0.588. The Morgan fingerprint density at radius 2 is 0.950 bits per heavy atom. The molecule has 2 rings (SSSR count). The Kier molecular flexibility index (Phi) is 11.3. The lowest BCUT2D eigenvalue weighted by Crippen LogP contribution is -2.27. The maximum Gasteiger partial charge on any atom is 0.224 e. The van der Waals surface area contributed by atoms with E-state index < -0.39 is 0 Å². The SMILES string of the molecule is Cc1cc(C(C)(C)C)c(O)c(C)c1CC(=O)NCCCCCCNC(=O)Cc1c(C)cc(C(C)(C)C)c(O)c1C. The fourth-order valence-electron chi connectivity index (χ4n) is 5.22. The molecule has 4 N–H and O–H groups in total. The first-order valence-electron chi connectivity index (χ1n) is 14.6. The molecule has 0 aliphatic rings. The van der Waals surface area contributed by atoms with Crippen LogP contribution in [-0.4, -0.2) is 35.1 Å². The van der Waals surface area contributed by atoms with Crippen molar-refractivity contribution in [1.82, 2.24) is 10.6 Å². The standard InChI is InChI=1S/C34H52N2O4/c1-21-17-27(33(5,6)7)31(39)23(3)25(21)19-29(37)35-15-13-11-12-14-16-36-30(38)20-26-22(2)18-28(34(8,9)10)32(40)24(26)4/h17-18,39-40H,11-16,19-20H2,1-10H3,(H,35,37)(H,36,38). The van der Waals surface area contributed by atoms with Crippen molar-refractivity contribution in [2.24, 2.45) is 0 Å². The molecule has 6 heteroatoms. The minimum Gasteiger partial charge on any atom is -0.507 e. The zero-order valence-electron chi connectivity index (χ0n) is 26.5. The van der Waals surface area contributed by atoms with Crippen molar-refractivity contribution in [3.05, 3.63) is 56.6 Å². The Bertz CT molecular complexity index is 1120. The molecule has 0 bridgehead atoms. The Morgan fingerprint density at radius 3 is 1.25 bits per heavy atom. The van der Waals surface area contributed by atoms with E-state index in [9.17, 15) is 19.8 Å². The highest BCUT2D eigenvalue weighted by atomic mass is 16.3. The predicted octanol–water partition coefficient (Wildman–Crippen LogP) is 6.50. The van der Waals surface area contributed by atoms with Crippen LogP contribution >= 0.6 is 0 Å². The van der Waals surface area contributed by atoms with Gasteiger partial charge in [0.05, 0.1) is 12.8 Å². The van der Waals surface area contributed by atoms with Crippen molar-refractivity contribution in [2.45, 2.75) is 119 Å². The van der Waals surface area contributed by atoms with Crippen molar-refractivity contribution in [2.75, 3.05) is 13.1 Å². The van der Waals surface area contributed by atoms with Gasteiger partial charge in [0.15, 0.2) is 0 Å². The van der Waals surface area contributed by atoms with Crippen molar-refractivity contribution in [3.8, 4) is 11.5 Å². The van der Waals surface area contributed by atoms with Crippen LogP contribution in [0.2, 0.25) is 0 Å².